The SMILES string of the molecule is C\N=C(C)/C(=N\C(=C\N1CCC2(CCOC2)CC1)CN=O)SC1=CCCC(Cl)=C1C. The van der Waals surface area contributed by atoms with Crippen LogP contribution in [0.4, 0.5) is 0 Å². The second kappa shape index (κ2) is 10.7. The Morgan fingerprint density at radius 2 is 2.13 bits per heavy atom. The molecule has 3 rings (SSSR count). The highest BCUT2D eigenvalue weighted by atomic mass is 35.5. The van der Waals surface area contributed by atoms with Crippen molar-refractivity contribution in [1.82, 2.24) is 4.90 Å². The van der Waals surface area contributed by atoms with Gasteiger partial charge in [-0.1, -0.05) is 34.6 Å². The van der Waals surface area contributed by atoms with Crippen molar-refractivity contribution in [2.45, 2.75) is 46.0 Å². The quantitative estimate of drug-likeness (QED) is 0.304. The fraction of sp³-hybridized carbons (Fsp3) is 0.636. The van der Waals surface area contributed by atoms with Gasteiger partial charge in [0.1, 0.15) is 11.6 Å². The van der Waals surface area contributed by atoms with Gasteiger partial charge in [-0.3, -0.25) is 4.99 Å². The predicted molar refractivity (Wildman–Crippen MR) is 127 cm³/mol. The van der Waals surface area contributed by atoms with Crippen LogP contribution in [0.15, 0.2) is 48.6 Å². The van der Waals surface area contributed by atoms with E-state index in [-0.39, 0.29) is 6.54 Å². The number of likely N-dealkylation sites (tertiary alicyclic amines) is 1. The average Bonchev–Trinajstić information content (AvgIpc) is 3.20. The number of aliphatic imine (C=N–C) groups is 2. The highest BCUT2D eigenvalue weighted by Crippen LogP contribution is 2.39. The monoisotopic (exact) mass is 450 g/mol. The molecule has 30 heavy (non-hydrogen) atoms. The molecule has 8 heteroatoms. The summed E-state index contributed by atoms with van der Waals surface area (Å²) in [7, 11) is 1.76. The summed E-state index contributed by atoms with van der Waals surface area (Å²) in [5.41, 5.74) is 2.93. The molecular weight excluding hydrogens is 420 g/mol. The normalized spacial score (nSPS) is 23.3. The summed E-state index contributed by atoms with van der Waals surface area (Å²) in [6.45, 7) is 7.68. The van der Waals surface area contributed by atoms with Gasteiger partial charge >= 0.3 is 0 Å². The van der Waals surface area contributed by atoms with Crippen molar-refractivity contribution < 1.29 is 4.74 Å². The summed E-state index contributed by atoms with van der Waals surface area (Å²) in [6, 6.07) is 0. The summed E-state index contributed by atoms with van der Waals surface area (Å²) in [5.74, 6) is 0. The molecule has 3 aliphatic rings. The van der Waals surface area contributed by atoms with Crippen LogP contribution in [0.3, 0.4) is 0 Å². The van der Waals surface area contributed by atoms with Gasteiger partial charge in [0.25, 0.3) is 0 Å². The van der Waals surface area contributed by atoms with Crippen molar-refractivity contribution in [2.24, 2.45) is 20.6 Å². The fourth-order valence-corrected chi connectivity index (χ4v) is 5.34. The van der Waals surface area contributed by atoms with Gasteiger partial charge < -0.3 is 9.64 Å². The zero-order valence-electron chi connectivity index (χ0n) is 18.1. The van der Waals surface area contributed by atoms with Crippen molar-refractivity contribution in [3.63, 3.8) is 0 Å². The molecule has 6 nitrogen and oxygen atoms in total. The summed E-state index contributed by atoms with van der Waals surface area (Å²) in [4.78, 5) is 23.6. The fourth-order valence-electron chi connectivity index (χ4n) is 3.98. The van der Waals surface area contributed by atoms with Gasteiger partial charge in [-0.2, -0.15) is 4.91 Å². The van der Waals surface area contributed by atoms with E-state index < -0.39 is 0 Å². The van der Waals surface area contributed by atoms with Crippen LogP contribution in [0, 0.1) is 10.3 Å². The second-order valence-corrected chi connectivity index (χ2v) is 9.70. The zero-order chi connectivity index (χ0) is 21.6. The Kier molecular flexibility index (Phi) is 8.31. The largest absolute Gasteiger partial charge is 0.381 e. The molecule has 1 aliphatic carbocycles. The first-order valence-electron chi connectivity index (χ1n) is 10.5. The lowest BCUT2D eigenvalue weighted by Gasteiger charge is -2.38. The highest BCUT2D eigenvalue weighted by Gasteiger charge is 2.37. The van der Waals surface area contributed by atoms with Gasteiger partial charge in [0.05, 0.1) is 18.0 Å². The van der Waals surface area contributed by atoms with Crippen molar-refractivity contribution >= 4 is 34.1 Å². The summed E-state index contributed by atoms with van der Waals surface area (Å²) in [6.07, 6.45) is 9.38. The number of hydrogen-bond donors (Lipinski definition) is 0. The molecule has 2 heterocycles. The van der Waals surface area contributed by atoms with Crippen LogP contribution in [0.1, 0.15) is 46.0 Å². The maximum Gasteiger partial charge on any atom is 0.125 e. The Bertz CT molecular complexity index is 800. The molecule has 1 spiro atoms. The van der Waals surface area contributed by atoms with Crippen LogP contribution in [-0.4, -0.2) is 55.6 Å². The predicted octanol–water partition coefficient (Wildman–Crippen LogP) is 5.51. The lowest BCUT2D eigenvalue weighted by molar-refractivity contribution is 0.0990. The first-order valence-corrected chi connectivity index (χ1v) is 11.7. The minimum absolute atomic E-state index is 0.0421. The molecule has 2 fully saturated rings. The van der Waals surface area contributed by atoms with Crippen molar-refractivity contribution in [3.05, 3.63) is 38.4 Å². The molecule has 0 radical (unpaired) electrons. The number of rotatable bonds is 6. The van der Waals surface area contributed by atoms with E-state index in [1.165, 1.54) is 0 Å². The van der Waals surface area contributed by atoms with Crippen LogP contribution in [0.5, 0.6) is 0 Å². The van der Waals surface area contributed by atoms with Gasteiger partial charge in [0.2, 0.25) is 0 Å². The Morgan fingerprint density at radius 1 is 1.37 bits per heavy atom. The van der Waals surface area contributed by atoms with E-state index in [0.29, 0.717) is 11.1 Å². The Balaban J connectivity index is 1.78. The van der Waals surface area contributed by atoms with Gasteiger partial charge in [0, 0.05) is 42.9 Å². The minimum atomic E-state index is 0.0421. The van der Waals surface area contributed by atoms with Crippen LogP contribution >= 0.6 is 23.4 Å². The van der Waals surface area contributed by atoms with E-state index in [4.69, 9.17) is 21.3 Å². The molecule has 164 valence electrons. The maximum atomic E-state index is 11.1. The van der Waals surface area contributed by atoms with Crippen LogP contribution in [-0.2, 0) is 4.74 Å². The molecule has 0 amide bonds. The van der Waals surface area contributed by atoms with E-state index in [1.54, 1.807) is 18.8 Å². The third-order valence-corrected chi connectivity index (χ3v) is 7.91. The Hall–Kier alpha value is -1.44. The smallest absolute Gasteiger partial charge is 0.125 e. The van der Waals surface area contributed by atoms with E-state index in [9.17, 15) is 4.91 Å². The average molecular weight is 451 g/mol. The van der Waals surface area contributed by atoms with Crippen molar-refractivity contribution in [2.75, 3.05) is 39.9 Å². The standard InChI is InChI=1S/C22H31ClN4O2S/c1-16-19(23)5-4-6-20(16)30-21(17(2)24-3)26-18(13-25-28)14-27-10-7-22(8-11-27)9-12-29-15-22/h6,14H,4-5,7-13,15H2,1-3H3/b18-14+,24-17-,26-21+. The van der Waals surface area contributed by atoms with Gasteiger partial charge in [-0.05, 0) is 56.9 Å². The molecule has 0 aromatic heterocycles. The Labute approximate surface area is 188 Å². The number of nitrogens with zero attached hydrogens (tertiary/aromatic N) is 4. The highest BCUT2D eigenvalue weighted by molar-refractivity contribution is 8.19. The molecule has 0 bridgehead atoms. The first-order chi connectivity index (χ1) is 14.5. The second-order valence-electron chi connectivity index (χ2n) is 8.21. The molecular formula is C22H31ClN4O2S. The van der Waals surface area contributed by atoms with Crippen LogP contribution < -0.4 is 0 Å². The van der Waals surface area contributed by atoms with Crippen LogP contribution in [0.25, 0.3) is 0 Å². The number of nitroso groups, excluding NO2 is 1. The number of ether oxygens (including phenoxy) is 1. The third kappa shape index (κ3) is 5.83. The minimum Gasteiger partial charge on any atom is -0.381 e. The maximum absolute atomic E-state index is 11.1. The number of piperidine rings is 1. The molecule has 0 unspecified atom stereocenters. The van der Waals surface area contributed by atoms with E-state index in [2.05, 4.69) is 21.1 Å². The molecule has 2 aliphatic heterocycles. The molecule has 0 aromatic carbocycles. The topological polar surface area (TPSA) is 66.6 Å². The van der Waals surface area contributed by atoms with E-state index in [1.807, 2.05) is 20.0 Å². The molecule has 2 saturated heterocycles. The summed E-state index contributed by atoms with van der Waals surface area (Å²) >= 11 is 7.93. The van der Waals surface area contributed by atoms with Crippen molar-refractivity contribution in [1.29, 1.82) is 0 Å². The molecule has 0 aromatic rings. The lowest BCUT2D eigenvalue weighted by atomic mass is 9.78. The van der Waals surface area contributed by atoms with Crippen molar-refractivity contribution in [3.8, 4) is 0 Å². The van der Waals surface area contributed by atoms with Gasteiger partial charge in [-0.15, -0.1) is 0 Å². The van der Waals surface area contributed by atoms with E-state index in [0.717, 1.165) is 84.7 Å². The summed E-state index contributed by atoms with van der Waals surface area (Å²) < 4.78 is 5.63. The zero-order valence-corrected chi connectivity index (χ0v) is 19.7. The number of thioether (sulfide) groups is 1. The number of halogens is 1. The lowest BCUT2D eigenvalue weighted by Crippen LogP contribution is -2.38. The van der Waals surface area contributed by atoms with Gasteiger partial charge in [-0.25, -0.2) is 4.99 Å². The third-order valence-electron chi connectivity index (χ3n) is 6.17. The molecule has 0 N–H and O–H groups in total. The summed E-state index contributed by atoms with van der Waals surface area (Å²) in [5, 5.41) is 4.80. The van der Waals surface area contributed by atoms with Crippen LogP contribution in [0.2, 0.25) is 0 Å². The number of hydrogen-bond acceptors (Lipinski definition) is 7. The van der Waals surface area contributed by atoms with E-state index >= 15 is 0 Å². The molecule has 0 atom stereocenters. The molecule has 0 saturated carbocycles. The number of allylic oxidation sites excluding steroid dienone is 3. The first kappa shape index (κ1) is 23.2. The van der Waals surface area contributed by atoms with Gasteiger partial charge in [0.15, 0.2) is 0 Å². The Morgan fingerprint density at radius 3 is 2.77 bits per heavy atom.